The average Bonchev–Trinajstić information content (AvgIpc) is 2.89. The highest BCUT2D eigenvalue weighted by atomic mass is 16.5. The molecule has 2 aromatic rings. The average molecular weight is 259 g/mol. The van der Waals surface area contributed by atoms with Crippen molar-refractivity contribution >= 4 is 0 Å². The maximum absolute atomic E-state index is 5.97. The van der Waals surface area contributed by atoms with Crippen molar-refractivity contribution in [3.05, 3.63) is 54.0 Å². The number of hydrogen-bond acceptors (Lipinski definition) is 3. The van der Waals surface area contributed by atoms with Gasteiger partial charge in [0.25, 0.3) is 0 Å². The molecule has 3 heteroatoms. The third kappa shape index (κ3) is 3.61. The summed E-state index contributed by atoms with van der Waals surface area (Å²) in [6.07, 6.45) is 1.62. The van der Waals surface area contributed by atoms with Crippen molar-refractivity contribution in [1.29, 1.82) is 0 Å². The zero-order chi connectivity index (χ0) is 13.9. The molecule has 0 aliphatic rings. The zero-order valence-corrected chi connectivity index (χ0v) is 11.7. The van der Waals surface area contributed by atoms with Crippen LogP contribution in [0.4, 0.5) is 0 Å². The van der Waals surface area contributed by atoms with Gasteiger partial charge in [0, 0.05) is 0 Å². The van der Waals surface area contributed by atoms with Crippen LogP contribution in [0.3, 0.4) is 0 Å². The summed E-state index contributed by atoms with van der Waals surface area (Å²) in [6.45, 7) is 6.98. The fourth-order valence-electron chi connectivity index (χ4n) is 1.82. The smallest absolute Gasteiger partial charge is 0.123 e. The monoisotopic (exact) mass is 259 g/mol. The first-order valence-electron chi connectivity index (χ1n) is 6.49. The van der Waals surface area contributed by atoms with E-state index in [1.165, 1.54) is 5.56 Å². The minimum atomic E-state index is -0.239. The first-order chi connectivity index (χ1) is 8.97. The Hall–Kier alpha value is -1.74. The predicted molar refractivity (Wildman–Crippen MR) is 76.3 cm³/mol. The van der Waals surface area contributed by atoms with E-state index in [1.54, 1.807) is 6.26 Å². The molecule has 0 saturated heterocycles. The number of hydrogen-bond donors (Lipinski definition) is 1. The molecule has 0 aliphatic heterocycles. The highest BCUT2D eigenvalue weighted by molar-refractivity contribution is 5.31. The van der Waals surface area contributed by atoms with E-state index in [9.17, 15) is 0 Å². The SMILES string of the molecule is CC(C)(C)c1ccc(OCC(N)c2ccco2)cc1. The Labute approximate surface area is 114 Å². The summed E-state index contributed by atoms with van der Waals surface area (Å²) >= 11 is 0. The van der Waals surface area contributed by atoms with Crippen LogP contribution in [0.25, 0.3) is 0 Å². The van der Waals surface area contributed by atoms with E-state index in [4.69, 9.17) is 14.9 Å². The van der Waals surface area contributed by atoms with Gasteiger partial charge in [-0.1, -0.05) is 32.9 Å². The molecule has 19 heavy (non-hydrogen) atoms. The third-order valence-electron chi connectivity index (χ3n) is 3.06. The van der Waals surface area contributed by atoms with Gasteiger partial charge < -0.3 is 14.9 Å². The van der Waals surface area contributed by atoms with E-state index >= 15 is 0 Å². The van der Waals surface area contributed by atoms with Gasteiger partial charge in [-0.3, -0.25) is 0 Å². The maximum atomic E-state index is 5.97. The lowest BCUT2D eigenvalue weighted by Crippen LogP contribution is -2.18. The lowest BCUT2D eigenvalue weighted by molar-refractivity contribution is 0.273. The molecule has 0 radical (unpaired) electrons. The number of benzene rings is 1. The first kappa shape index (κ1) is 13.7. The van der Waals surface area contributed by atoms with Crippen LogP contribution in [0.5, 0.6) is 5.75 Å². The third-order valence-corrected chi connectivity index (χ3v) is 3.06. The van der Waals surface area contributed by atoms with Crippen LogP contribution in [0, 0.1) is 0 Å². The van der Waals surface area contributed by atoms with Gasteiger partial charge in [-0.25, -0.2) is 0 Å². The second-order valence-electron chi connectivity index (χ2n) is 5.71. The minimum absolute atomic E-state index is 0.156. The fourth-order valence-corrected chi connectivity index (χ4v) is 1.82. The minimum Gasteiger partial charge on any atom is -0.491 e. The molecule has 2 rings (SSSR count). The van der Waals surface area contributed by atoms with Crippen LogP contribution in [0.1, 0.15) is 38.1 Å². The predicted octanol–water partition coefficient (Wildman–Crippen LogP) is 3.66. The topological polar surface area (TPSA) is 48.4 Å². The molecule has 0 fully saturated rings. The summed E-state index contributed by atoms with van der Waals surface area (Å²) in [5, 5.41) is 0. The van der Waals surface area contributed by atoms with Crippen molar-refractivity contribution in [3.63, 3.8) is 0 Å². The second kappa shape index (κ2) is 5.49. The summed E-state index contributed by atoms with van der Waals surface area (Å²) in [4.78, 5) is 0. The van der Waals surface area contributed by atoms with Crippen LogP contribution in [0.15, 0.2) is 47.1 Å². The Balaban J connectivity index is 1.93. The van der Waals surface area contributed by atoms with E-state index < -0.39 is 0 Å². The Morgan fingerprint density at radius 1 is 1.16 bits per heavy atom. The molecule has 0 amide bonds. The number of nitrogens with two attached hydrogens (primary N) is 1. The van der Waals surface area contributed by atoms with Gasteiger partial charge in [-0.05, 0) is 35.2 Å². The lowest BCUT2D eigenvalue weighted by Gasteiger charge is -2.19. The fraction of sp³-hybridized carbons (Fsp3) is 0.375. The Kier molecular flexibility index (Phi) is 3.96. The quantitative estimate of drug-likeness (QED) is 0.911. The summed E-state index contributed by atoms with van der Waals surface area (Å²) in [7, 11) is 0. The first-order valence-corrected chi connectivity index (χ1v) is 6.49. The van der Waals surface area contributed by atoms with Crippen LogP contribution in [-0.4, -0.2) is 6.61 Å². The molecule has 0 saturated carbocycles. The maximum Gasteiger partial charge on any atom is 0.123 e. The highest BCUT2D eigenvalue weighted by Gasteiger charge is 2.13. The van der Waals surface area contributed by atoms with Crippen LogP contribution < -0.4 is 10.5 Å². The van der Waals surface area contributed by atoms with Gasteiger partial charge in [-0.2, -0.15) is 0 Å². The lowest BCUT2D eigenvalue weighted by atomic mass is 9.87. The summed E-state index contributed by atoms with van der Waals surface area (Å²) in [5.41, 5.74) is 7.41. The van der Waals surface area contributed by atoms with Gasteiger partial charge in [0.1, 0.15) is 18.1 Å². The molecule has 0 aliphatic carbocycles. The second-order valence-corrected chi connectivity index (χ2v) is 5.71. The van der Waals surface area contributed by atoms with Crippen molar-refractivity contribution in [3.8, 4) is 5.75 Å². The van der Waals surface area contributed by atoms with Gasteiger partial charge in [-0.15, -0.1) is 0 Å². The highest BCUT2D eigenvalue weighted by Crippen LogP contribution is 2.24. The van der Waals surface area contributed by atoms with Crippen molar-refractivity contribution in [2.45, 2.75) is 32.2 Å². The molecule has 1 aromatic heterocycles. The molecular formula is C16H21NO2. The molecule has 0 spiro atoms. The molecule has 0 bridgehead atoms. The van der Waals surface area contributed by atoms with Gasteiger partial charge in [0.05, 0.1) is 12.3 Å². The van der Waals surface area contributed by atoms with Gasteiger partial charge >= 0.3 is 0 Å². The number of ether oxygens (including phenoxy) is 1. The van der Waals surface area contributed by atoms with Crippen LogP contribution in [0.2, 0.25) is 0 Å². The molecular weight excluding hydrogens is 238 g/mol. The van der Waals surface area contributed by atoms with Crippen molar-refractivity contribution in [2.24, 2.45) is 5.73 Å². The van der Waals surface area contributed by atoms with Crippen molar-refractivity contribution in [2.75, 3.05) is 6.61 Å². The van der Waals surface area contributed by atoms with E-state index in [-0.39, 0.29) is 11.5 Å². The van der Waals surface area contributed by atoms with Gasteiger partial charge in [0.15, 0.2) is 0 Å². The molecule has 3 nitrogen and oxygen atoms in total. The van der Waals surface area contributed by atoms with Crippen molar-refractivity contribution in [1.82, 2.24) is 0 Å². The summed E-state index contributed by atoms with van der Waals surface area (Å²) in [5.74, 6) is 1.57. The van der Waals surface area contributed by atoms with E-state index in [0.29, 0.717) is 6.61 Å². The standard InChI is InChI=1S/C16H21NO2/c1-16(2,3)12-6-8-13(9-7-12)19-11-14(17)15-5-4-10-18-15/h4-10,14H,11,17H2,1-3H3. The van der Waals surface area contributed by atoms with E-state index in [2.05, 4.69) is 32.9 Å². The molecule has 1 heterocycles. The molecule has 2 N–H and O–H groups in total. The Bertz CT molecular complexity index is 495. The summed E-state index contributed by atoms with van der Waals surface area (Å²) in [6, 6.07) is 11.6. The van der Waals surface area contributed by atoms with E-state index in [0.717, 1.165) is 11.5 Å². The van der Waals surface area contributed by atoms with Gasteiger partial charge in [0.2, 0.25) is 0 Å². The normalized spacial score (nSPS) is 13.3. The molecule has 102 valence electrons. The van der Waals surface area contributed by atoms with Crippen molar-refractivity contribution < 1.29 is 9.15 Å². The zero-order valence-electron chi connectivity index (χ0n) is 11.7. The summed E-state index contributed by atoms with van der Waals surface area (Å²) < 4.78 is 10.9. The number of furan rings is 1. The number of rotatable bonds is 4. The Morgan fingerprint density at radius 2 is 1.84 bits per heavy atom. The molecule has 1 aromatic carbocycles. The molecule has 1 unspecified atom stereocenters. The Morgan fingerprint density at radius 3 is 2.37 bits per heavy atom. The van der Waals surface area contributed by atoms with Crippen LogP contribution in [-0.2, 0) is 5.41 Å². The molecule has 1 atom stereocenters. The largest absolute Gasteiger partial charge is 0.491 e. The van der Waals surface area contributed by atoms with Crippen LogP contribution >= 0.6 is 0 Å². The van der Waals surface area contributed by atoms with E-state index in [1.807, 2.05) is 24.3 Å².